The Morgan fingerprint density at radius 3 is 2.68 bits per heavy atom. The monoisotopic (exact) mass is 408 g/mol. The molecule has 1 saturated heterocycles. The Morgan fingerprint density at radius 1 is 1.29 bits per heavy atom. The molecule has 3 rings (SSSR count). The molecule has 0 spiro atoms. The Bertz CT molecular complexity index is 742. The molecule has 8 heteroatoms. The largest absolute Gasteiger partial charge is 0.494 e. The molecule has 0 saturated carbocycles. The lowest BCUT2D eigenvalue weighted by atomic mass is 9.81. The van der Waals surface area contributed by atoms with Crippen molar-refractivity contribution < 1.29 is 14.1 Å². The smallest absolute Gasteiger partial charge is 0.227 e. The predicted molar refractivity (Wildman–Crippen MR) is 110 cm³/mol. The normalized spacial score (nSPS) is 15.5. The number of aryl methyl sites for hydroxylation is 1. The van der Waals surface area contributed by atoms with Crippen LogP contribution in [0.1, 0.15) is 39.0 Å². The SMILES string of the molecule is CCOc1ccc(-c2noc(CCC(=O)NCC3(C)CCNCC3)n2)cc1.Cl. The summed E-state index contributed by atoms with van der Waals surface area (Å²) in [5, 5.41) is 10.4. The number of hydrogen-bond acceptors (Lipinski definition) is 6. The van der Waals surface area contributed by atoms with E-state index in [4.69, 9.17) is 9.26 Å². The topological polar surface area (TPSA) is 89.3 Å². The minimum atomic E-state index is 0. The van der Waals surface area contributed by atoms with Crippen molar-refractivity contribution in [1.29, 1.82) is 0 Å². The van der Waals surface area contributed by atoms with Gasteiger partial charge in [-0.15, -0.1) is 12.4 Å². The molecule has 1 aliphatic heterocycles. The van der Waals surface area contributed by atoms with Crippen molar-refractivity contribution in [2.75, 3.05) is 26.2 Å². The highest BCUT2D eigenvalue weighted by atomic mass is 35.5. The van der Waals surface area contributed by atoms with E-state index >= 15 is 0 Å². The third-order valence-electron chi connectivity index (χ3n) is 4.98. The first-order chi connectivity index (χ1) is 13.1. The molecule has 0 unspecified atom stereocenters. The fourth-order valence-corrected chi connectivity index (χ4v) is 3.17. The van der Waals surface area contributed by atoms with Gasteiger partial charge in [0.05, 0.1) is 6.61 Å². The highest BCUT2D eigenvalue weighted by Gasteiger charge is 2.27. The second-order valence-electron chi connectivity index (χ2n) is 7.31. The van der Waals surface area contributed by atoms with E-state index in [0.29, 0.717) is 31.2 Å². The molecule has 0 bridgehead atoms. The highest BCUT2D eigenvalue weighted by Crippen LogP contribution is 2.26. The molecule has 1 aromatic heterocycles. The lowest BCUT2D eigenvalue weighted by Gasteiger charge is -2.34. The zero-order chi connectivity index (χ0) is 19.1. The van der Waals surface area contributed by atoms with Crippen molar-refractivity contribution in [3.63, 3.8) is 0 Å². The Balaban J connectivity index is 0.00000280. The van der Waals surface area contributed by atoms with Crippen molar-refractivity contribution in [2.24, 2.45) is 5.41 Å². The van der Waals surface area contributed by atoms with Crippen molar-refractivity contribution in [3.05, 3.63) is 30.2 Å². The molecule has 1 aliphatic rings. The summed E-state index contributed by atoms with van der Waals surface area (Å²) in [6.07, 6.45) is 2.96. The van der Waals surface area contributed by atoms with Crippen LogP contribution in [0.15, 0.2) is 28.8 Å². The molecule has 1 aromatic carbocycles. The molecular weight excluding hydrogens is 380 g/mol. The molecular formula is C20H29ClN4O3. The summed E-state index contributed by atoms with van der Waals surface area (Å²) >= 11 is 0. The van der Waals surface area contributed by atoms with E-state index in [1.165, 1.54) is 0 Å². The third kappa shape index (κ3) is 6.21. The summed E-state index contributed by atoms with van der Waals surface area (Å²) in [7, 11) is 0. The van der Waals surface area contributed by atoms with E-state index in [1.807, 2.05) is 31.2 Å². The van der Waals surface area contributed by atoms with Crippen LogP contribution in [-0.2, 0) is 11.2 Å². The van der Waals surface area contributed by atoms with Crippen molar-refractivity contribution in [2.45, 2.75) is 39.5 Å². The average molecular weight is 409 g/mol. The van der Waals surface area contributed by atoms with E-state index in [-0.39, 0.29) is 23.7 Å². The number of amides is 1. The standard InChI is InChI=1S/C20H28N4O3.ClH/c1-3-26-16-6-4-15(5-7-16)19-23-18(27-24-19)9-8-17(25)22-14-20(2)10-12-21-13-11-20;/h4-7,21H,3,8-14H2,1-2H3,(H,22,25);1H. The first kappa shape index (κ1) is 22.2. The maximum atomic E-state index is 12.1. The lowest BCUT2D eigenvalue weighted by Crippen LogP contribution is -2.42. The number of nitrogens with one attached hydrogen (secondary N) is 2. The molecule has 0 radical (unpaired) electrons. The molecule has 0 aliphatic carbocycles. The molecule has 1 amide bonds. The summed E-state index contributed by atoms with van der Waals surface area (Å²) in [6, 6.07) is 7.55. The van der Waals surface area contributed by atoms with Crippen LogP contribution in [0, 0.1) is 5.41 Å². The molecule has 2 N–H and O–H groups in total. The van der Waals surface area contributed by atoms with Gasteiger partial charge in [0.15, 0.2) is 0 Å². The van der Waals surface area contributed by atoms with Gasteiger partial charge in [0.1, 0.15) is 5.75 Å². The predicted octanol–water partition coefficient (Wildman–Crippen LogP) is 3.00. The summed E-state index contributed by atoms with van der Waals surface area (Å²) in [5.41, 5.74) is 1.04. The second-order valence-corrected chi connectivity index (χ2v) is 7.31. The minimum Gasteiger partial charge on any atom is -0.494 e. The van der Waals surface area contributed by atoms with Crippen LogP contribution in [0.5, 0.6) is 5.75 Å². The fraction of sp³-hybridized carbons (Fsp3) is 0.550. The first-order valence-corrected chi connectivity index (χ1v) is 9.61. The number of halogens is 1. The minimum absolute atomic E-state index is 0. The van der Waals surface area contributed by atoms with Gasteiger partial charge in [0, 0.05) is 24.9 Å². The summed E-state index contributed by atoms with van der Waals surface area (Å²) < 4.78 is 10.7. The Morgan fingerprint density at radius 2 is 2.00 bits per heavy atom. The molecule has 7 nitrogen and oxygen atoms in total. The van der Waals surface area contributed by atoms with Crippen molar-refractivity contribution in [3.8, 4) is 17.1 Å². The van der Waals surface area contributed by atoms with Crippen LogP contribution in [-0.4, -0.2) is 42.3 Å². The number of benzene rings is 1. The fourth-order valence-electron chi connectivity index (χ4n) is 3.17. The first-order valence-electron chi connectivity index (χ1n) is 9.61. The van der Waals surface area contributed by atoms with E-state index in [9.17, 15) is 4.79 Å². The molecule has 28 heavy (non-hydrogen) atoms. The number of aromatic nitrogens is 2. The molecule has 2 heterocycles. The van der Waals surface area contributed by atoms with Crippen molar-refractivity contribution in [1.82, 2.24) is 20.8 Å². The van der Waals surface area contributed by atoms with Gasteiger partial charge < -0.3 is 19.9 Å². The van der Waals surface area contributed by atoms with Gasteiger partial charge in [0.2, 0.25) is 17.6 Å². The van der Waals surface area contributed by atoms with E-state index < -0.39 is 0 Å². The van der Waals surface area contributed by atoms with Crippen LogP contribution in [0.2, 0.25) is 0 Å². The summed E-state index contributed by atoms with van der Waals surface area (Å²) in [6.45, 7) is 7.56. The van der Waals surface area contributed by atoms with Crippen LogP contribution in [0.3, 0.4) is 0 Å². The number of carbonyl (C=O) groups excluding carboxylic acids is 1. The molecule has 0 atom stereocenters. The number of piperidine rings is 1. The molecule has 2 aromatic rings. The van der Waals surface area contributed by atoms with Gasteiger partial charge in [-0.05, 0) is 62.5 Å². The second kappa shape index (κ2) is 10.4. The third-order valence-corrected chi connectivity index (χ3v) is 4.98. The number of nitrogens with zero attached hydrogens (tertiary/aromatic N) is 2. The number of ether oxygens (including phenoxy) is 1. The lowest BCUT2D eigenvalue weighted by molar-refractivity contribution is -0.121. The number of rotatable bonds is 8. The zero-order valence-corrected chi connectivity index (χ0v) is 17.3. The van der Waals surface area contributed by atoms with E-state index in [2.05, 4.69) is 27.7 Å². The Hall–Kier alpha value is -2.12. The molecule has 1 fully saturated rings. The average Bonchev–Trinajstić information content (AvgIpc) is 3.15. The maximum absolute atomic E-state index is 12.1. The van der Waals surface area contributed by atoms with Crippen LogP contribution >= 0.6 is 12.4 Å². The quantitative estimate of drug-likeness (QED) is 0.697. The van der Waals surface area contributed by atoms with E-state index in [1.54, 1.807) is 0 Å². The van der Waals surface area contributed by atoms with Gasteiger partial charge in [0.25, 0.3) is 0 Å². The number of hydrogen-bond donors (Lipinski definition) is 2. The Labute approximate surface area is 172 Å². The van der Waals surface area contributed by atoms with Crippen LogP contribution in [0.4, 0.5) is 0 Å². The van der Waals surface area contributed by atoms with Crippen LogP contribution in [0.25, 0.3) is 11.4 Å². The highest BCUT2D eigenvalue weighted by molar-refractivity contribution is 5.85. The maximum Gasteiger partial charge on any atom is 0.227 e. The number of carbonyl (C=O) groups is 1. The van der Waals surface area contributed by atoms with Crippen molar-refractivity contribution >= 4 is 18.3 Å². The van der Waals surface area contributed by atoms with E-state index in [0.717, 1.165) is 43.8 Å². The van der Waals surface area contributed by atoms with Gasteiger partial charge >= 0.3 is 0 Å². The Kier molecular flexibility index (Phi) is 8.26. The summed E-state index contributed by atoms with van der Waals surface area (Å²) in [4.78, 5) is 16.5. The van der Waals surface area contributed by atoms with Gasteiger partial charge in [-0.2, -0.15) is 4.98 Å². The molecule has 154 valence electrons. The summed E-state index contributed by atoms with van der Waals surface area (Å²) in [5.74, 6) is 1.83. The van der Waals surface area contributed by atoms with Gasteiger partial charge in [-0.1, -0.05) is 12.1 Å². The van der Waals surface area contributed by atoms with Gasteiger partial charge in [-0.25, -0.2) is 0 Å². The van der Waals surface area contributed by atoms with Crippen LogP contribution < -0.4 is 15.4 Å². The zero-order valence-electron chi connectivity index (χ0n) is 16.5. The van der Waals surface area contributed by atoms with Gasteiger partial charge in [-0.3, -0.25) is 4.79 Å².